The summed E-state index contributed by atoms with van der Waals surface area (Å²) in [5.74, 6) is 0.00969. The Morgan fingerprint density at radius 2 is 2.24 bits per heavy atom. The fraction of sp³-hybridized carbons (Fsp3) is 0.667. The highest BCUT2D eigenvalue weighted by molar-refractivity contribution is 5.86. The van der Waals surface area contributed by atoms with Crippen molar-refractivity contribution in [2.24, 2.45) is 5.73 Å². The van der Waals surface area contributed by atoms with Crippen LogP contribution in [-0.4, -0.2) is 27.8 Å². The van der Waals surface area contributed by atoms with E-state index in [-0.39, 0.29) is 5.91 Å². The highest BCUT2D eigenvalue weighted by Crippen LogP contribution is 2.27. The predicted molar refractivity (Wildman–Crippen MR) is 65.2 cm³/mol. The van der Waals surface area contributed by atoms with Crippen molar-refractivity contribution in [3.8, 4) is 0 Å². The topological polar surface area (TPSA) is 72.9 Å². The number of nitrogens with zero attached hydrogens (tertiary/aromatic N) is 2. The van der Waals surface area contributed by atoms with Gasteiger partial charge in [-0.3, -0.25) is 9.48 Å². The van der Waals surface area contributed by atoms with Gasteiger partial charge in [-0.2, -0.15) is 5.10 Å². The predicted octanol–water partition coefficient (Wildman–Crippen LogP) is 0.661. The van der Waals surface area contributed by atoms with E-state index in [2.05, 4.69) is 10.4 Å². The smallest absolute Gasteiger partial charge is 0.240 e. The van der Waals surface area contributed by atoms with E-state index in [0.717, 1.165) is 38.6 Å². The zero-order chi connectivity index (χ0) is 12.1. The van der Waals surface area contributed by atoms with Gasteiger partial charge in [0.25, 0.3) is 0 Å². The van der Waals surface area contributed by atoms with Gasteiger partial charge in [-0.15, -0.1) is 0 Å². The fourth-order valence-electron chi connectivity index (χ4n) is 2.28. The Morgan fingerprint density at radius 3 is 2.88 bits per heavy atom. The number of rotatable bonds is 5. The summed E-state index contributed by atoms with van der Waals surface area (Å²) in [7, 11) is 0. The maximum atomic E-state index is 11.9. The average Bonchev–Trinajstić information content (AvgIpc) is 2.96. The minimum absolute atomic E-state index is 0.00969. The van der Waals surface area contributed by atoms with Crippen LogP contribution in [0.25, 0.3) is 0 Å². The zero-order valence-corrected chi connectivity index (χ0v) is 10.1. The molecule has 94 valence electrons. The second-order valence-electron chi connectivity index (χ2n) is 4.74. The Hall–Kier alpha value is -1.36. The van der Waals surface area contributed by atoms with Crippen LogP contribution < -0.4 is 11.1 Å². The van der Waals surface area contributed by atoms with Crippen molar-refractivity contribution in [1.29, 1.82) is 0 Å². The molecule has 5 nitrogen and oxygen atoms in total. The lowest BCUT2D eigenvalue weighted by molar-refractivity contribution is -0.126. The molecule has 3 N–H and O–H groups in total. The molecular weight excluding hydrogens is 216 g/mol. The molecule has 0 unspecified atom stereocenters. The fourth-order valence-corrected chi connectivity index (χ4v) is 2.28. The monoisotopic (exact) mass is 236 g/mol. The maximum Gasteiger partial charge on any atom is 0.240 e. The number of carbonyl (C=O) groups is 1. The third-order valence-corrected chi connectivity index (χ3v) is 3.36. The van der Waals surface area contributed by atoms with Crippen molar-refractivity contribution >= 4 is 5.91 Å². The van der Waals surface area contributed by atoms with Gasteiger partial charge in [-0.25, -0.2) is 0 Å². The first-order chi connectivity index (χ1) is 8.21. The van der Waals surface area contributed by atoms with E-state index in [1.165, 1.54) is 0 Å². The van der Waals surface area contributed by atoms with Gasteiger partial charge in [0.2, 0.25) is 5.91 Å². The number of aromatic nitrogens is 2. The van der Waals surface area contributed by atoms with Crippen LogP contribution in [0.1, 0.15) is 32.1 Å². The lowest BCUT2D eigenvalue weighted by atomic mass is 9.98. The first kappa shape index (κ1) is 12.1. The number of nitrogens with two attached hydrogens (primary N) is 1. The molecule has 2 rings (SSSR count). The van der Waals surface area contributed by atoms with Crippen LogP contribution in [0.2, 0.25) is 0 Å². The quantitative estimate of drug-likeness (QED) is 0.738. The molecule has 1 saturated carbocycles. The molecule has 0 spiro atoms. The molecule has 1 fully saturated rings. The summed E-state index contributed by atoms with van der Waals surface area (Å²) in [6.07, 6.45) is 8.32. The Balaban J connectivity index is 1.66. The summed E-state index contributed by atoms with van der Waals surface area (Å²) in [4.78, 5) is 11.9. The van der Waals surface area contributed by atoms with Crippen LogP contribution in [-0.2, 0) is 11.3 Å². The summed E-state index contributed by atoms with van der Waals surface area (Å²) in [6.45, 7) is 1.49. The van der Waals surface area contributed by atoms with Crippen molar-refractivity contribution in [3.05, 3.63) is 18.5 Å². The van der Waals surface area contributed by atoms with Crippen LogP contribution >= 0.6 is 0 Å². The standard InChI is InChI=1S/C12H20N4O/c13-12(5-1-2-6-12)11(17)14-7-3-9-16-10-4-8-15-16/h4,8,10H,1-3,5-7,9,13H2,(H,14,17). The number of aryl methyl sites for hydroxylation is 1. The van der Waals surface area contributed by atoms with E-state index in [4.69, 9.17) is 5.73 Å². The number of carbonyl (C=O) groups excluding carboxylic acids is 1. The number of hydrogen-bond acceptors (Lipinski definition) is 3. The molecule has 17 heavy (non-hydrogen) atoms. The van der Waals surface area contributed by atoms with E-state index in [9.17, 15) is 4.79 Å². The van der Waals surface area contributed by atoms with Crippen LogP contribution in [0.5, 0.6) is 0 Å². The van der Waals surface area contributed by atoms with E-state index in [1.807, 2.05) is 16.9 Å². The van der Waals surface area contributed by atoms with Gasteiger partial charge in [0.15, 0.2) is 0 Å². The van der Waals surface area contributed by atoms with Gasteiger partial charge in [-0.1, -0.05) is 12.8 Å². The van der Waals surface area contributed by atoms with Crippen LogP contribution in [0.3, 0.4) is 0 Å². The summed E-state index contributed by atoms with van der Waals surface area (Å²) in [5, 5.41) is 7.03. The Bertz CT molecular complexity index is 355. The molecule has 1 aromatic rings. The number of hydrogen-bond donors (Lipinski definition) is 2. The number of amides is 1. The SMILES string of the molecule is NC1(C(=O)NCCCn2cccn2)CCCC1. The summed E-state index contributed by atoms with van der Waals surface area (Å²) < 4.78 is 1.86. The van der Waals surface area contributed by atoms with Crippen LogP contribution in [0, 0.1) is 0 Å². The Morgan fingerprint density at radius 1 is 1.47 bits per heavy atom. The maximum absolute atomic E-state index is 11.9. The third kappa shape index (κ3) is 3.06. The highest BCUT2D eigenvalue weighted by atomic mass is 16.2. The van der Waals surface area contributed by atoms with Crippen molar-refractivity contribution in [2.45, 2.75) is 44.2 Å². The summed E-state index contributed by atoms with van der Waals surface area (Å²) >= 11 is 0. The van der Waals surface area contributed by atoms with Gasteiger partial charge in [0.1, 0.15) is 0 Å². The molecule has 0 bridgehead atoms. The molecule has 0 atom stereocenters. The van der Waals surface area contributed by atoms with Gasteiger partial charge in [0.05, 0.1) is 5.54 Å². The molecule has 1 aliphatic carbocycles. The normalized spacial score (nSPS) is 18.2. The molecule has 1 heterocycles. The molecule has 0 aliphatic heterocycles. The summed E-state index contributed by atoms with van der Waals surface area (Å²) in [6, 6.07) is 1.89. The van der Waals surface area contributed by atoms with E-state index in [1.54, 1.807) is 6.20 Å². The second-order valence-corrected chi connectivity index (χ2v) is 4.74. The first-order valence-corrected chi connectivity index (χ1v) is 6.25. The minimum Gasteiger partial charge on any atom is -0.354 e. The van der Waals surface area contributed by atoms with Crippen LogP contribution in [0.4, 0.5) is 0 Å². The average molecular weight is 236 g/mol. The second kappa shape index (κ2) is 5.31. The number of nitrogens with one attached hydrogen (secondary N) is 1. The van der Waals surface area contributed by atoms with Gasteiger partial charge >= 0.3 is 0 Å². The van der Waals surface area contributed by atoms with Crippen molar-refractivity contribution in [1.82, 2.24) is 15.1 Å². The van der Waals surface area contributed by atoms with Gasteiger partial charge < -0.3 is 11.1 Å². The lowest BCUT2D eigenvalue weighted by Gasteiger charge is -2.22. The van der Waals surface area contributed by atoms with Crippen molar-refractivity contribution < 1.29 is 4.79 Å². The third-order valence-electron chi connectivity index (χ3n) is 3.36. The largest absolute Gasteiger partial charge is 0.354 e. The van der Waals surface area contributed by atoms with E-state index < -0.39 is 5.54 Å². The van der Waals surface area contributed by atoms with Crippen LogP contribution in [0.15, 0.2) is 18.5 Å². The Kier molecular flexibility index (Phi) is 3.78. The molecule has 1 amide bonds. The lowest BCUT2D eigenvalue weighted by Crippen LogP contribution is -2.52. The van der Waals surface area contributed by atoms with E-state index >= 15 is 0 Å². The molecule has 1 aromatic heterocycles. The van der Waals surface area contributed by atoms with Crippen molar-refractivity contribution in [2.75, 3.05) is 6.54 Å². The van der Waals surface area contributed by atoms with Gasteiger partial charge in [-0.05, 0) is 25.3 Å². The molecule has 1 aliphatic rings. The zero-order valence-electron chi connectivity index (χ0n) is 10.1. The Labute approximate surface area is 101 Å². The molecule has 0 aromatic carbocycles. The first-order valence-electron chi connectivity index (χ1n) is 6.25. The molecule has 5 heteroatoms. The molecule has 0 saturated heterocycles. The van der Waals surface area contributed by atoms with Gasteiger partial charge in [0, 0.05) is 25.5 Å². The molecular formula is C12H20N4O. The van der Waals surface area contributed by atoms with Crippen molar-refractivity contribution in [3.63, 3.8) is 0 Å². The van der Waals surface area contributed by atoms with E-state index in [0.29, 0.717) is 6.54 Å². The minimum atomic E-state index is -0.605. The summed E-state index contributed by atoms with van der Waals surface area (Å²) in [5.41, 5.74) is 5.44. The molecule has 0 radical (unpaired) electrons. The highest BCUT2D eigenvalue weighted by Gasteiger charge is 2.36.